The number of benzene rings is 9. The van der Waals surface area contributed by atoms with Crippen molar-refractivity contribution in [2.75, 3.05) is 0 Å². The summed E-state index contributed by atoms with van der Waals surface area (Å²) in [6, 6.07) is 60.5. The van der Waals surface area contributed by atoms with Gasteiger partial charge in [0.2, 0.25) is 0 Å². The van der Waals surface area contributed by atoms with E-state index in [9.17, 15) is 0 Å². The van der Waals surface area contributed by atoms with Gasteiger partial charge in [-0.25, -0.2) is 0 Å². The van der Waals surface area contributed by atoms with Gasteiger partial charge in [-0.3, -0.25) is 0 Å². The molecule has 0 radical (unpaired) electrons. The second-order valence-electron chi connectivity index (χ2n) is 12.4. The van der Waals surface area contributed by atoms with Crippen LogP contribution >= 0.6 is 0 Å². The van der Waals surface area contributed by atoms with Gasteiger partial charge in [-0.15, -0.1) is 0 Å². The molecule has 10 rings (SSSR count). The SMILES string of the molecule is c1ccc2c(c1)Oc1ccc(-c3ccc(-c4ccc(-c5c6ccccc6cc6ccccc56)c5ccccc45)c4ccccc34)cc1O2. The average molecular weight is 613 g/mol. The molecule has 1 aliphatic heterocycles. The smallest absolute Gasteiger partial charge is 0.170 e. The molecule has 1 heterocycles. The summed E-state index contributed by atoms with van der Waals surface area (Å²) in [4.78, 5) is 0. The Morgan fingerprint density at radius 2 is 0.688 bits per heavy atom. The Morgan fingerprint density at radius 3 is 1.29 bits per heavy atom. The van der Waals surface area contributed by atoms with Crippen LogP contribution in [-0.4, -0.2) is 0 Å². The van der Waals surface area contributed by atoms with E-state index in [0.29, 0.717) is 0 Å². The predicted octanol–water partition coefficient (Wildman–Crippen LogP) is 13.2. The summed E-state index contributed by atoms with van der Waals surface area (Å²) in [7, 11) is 0. The van der Waals surface area contributed by atoms with Gasteiger partial charge in [-0.05, 0) is 107 Å². The first-order chi connectivity index (χ1) is 23.8. The number of rotatable bonds is 3. The molecule has 0 aliphatic carbocycles. The standard InChI is InChI=1S/C46H28O2/c1-3-13-33-29(11-1)27-30-12-2-4-14-34(30)46(33)41-25-24-40(37-17-7-8-18-38(37)41)39-23-22-32(35-15-5-6-16-36(35)39)31-21-26-44-45(28-31)48-43-20-10-9-19-42(43)47-44/h1-28H. The highest BCUT2D eigenvalue weighted by Gasteiger charge is 2.21. The molecule has 0 saturated heterocycles. The van der Waals surface area contributed by atoms with E-state index in [0.717, 1.165) is 34.1 Å². The van der Waals surface area contributed by atoms with Crippen molar-refractivity contribution in [1.82, 2.24) is 0 Å². The molecule has 0 fully saturated rings. The van der Waals surface area contributed by atoms with Crippen LogP contribution in [0.25, 0.3) is 76.5 Å². The zero-order valence-corrected chi connectivity index (χ0v) is 26.0. The normalized spacial score (nSPS) is 12.1. The van der Waals surface area contributed by atoms with Gasteiger partial charge in [-0.1, -0.05) is 140 Å². The molecule has 0 aromatic heterocycles. The maximum Gasteiger partial charge on any atom is 0.170 e. The Morgan fingerprint density at radius 1 is 0.271 bits per heavy atom. The van der Waals surface area contributed by atoms with Crippen LogP contribution in [0.5, 0.6) is 23.0 Å². The zero-order chi connectivity index (χ0) is 31.6. The fourth-order valence-corrected chi connectivity index (χ4v) is 7.54. The number of fused-ring (bicyclic) bond motifs is 6. The largest absolute Gasteiger partial charge is 0.450 e. The van der Waals surface area contributed by atoms with Gasteiger partial charge in [-0.2, -0.15) is 0 Å². The third kappa shape index (κ3) is 4.13. The Bertz CT molecular complexity index is 2680. The molecule has 9 aromatic carbocycles. The molecule has 0 amide bonds. The average Bonchev–Trinajstić information content (AvgIpc) is 3.15. The van der Waals surface area contributed by atoms with E-state index < -0.39 is 0 Å². The minimum absolute atomic E-state index is 0.724. The molecule has 0 saturated carbocycles. The van der Waals surface area contributed by atoms with Gasteiger partial charge in [0, 0.05) is 0 Å². The molecular formula is C46H28O2. The van der Waals surface area contributed by atoms with Gasteiger partial charge in [0.1, 0.15) is 0 Å². The Balaban J connectivity index is 1.15. The number of hydrogen-bond acceptors (Lipinski definition) is 2. The lowest BCUT2D eigenvalue weighted by atomic mass is 9.85. The summed E-state index contributed by atoms with van der Waals surface area (Å²) in [5, 5.41) is 9.94. The summed E-state index contributed by atoms with van der Waals surface area (Å²) in [6.07, 6.45) is 0. The van der Waals surface area contributed by atoms with Gasteiger partial charge in [0.05, 0.1) is 0 Å². The number of hydrogen-bond donors (Lipinski definition) is 0. The summed E-state index contributed by atoms with van der Waals surface area (Å²) >= 11 is 0. The predicted molar refractivity (Wildman–Crippen MR) is 199 cm³/mol. The van der Waals surface area contributed by atoms with E-state index in [2.05, 4.69) is 140 Å². The minimum atomic E-state index is 0.724. The minimum Gasteiger partial charge on any atom is -0.450 e. The van der Waals surface area contributed by atoms with Crippen molar-refractivity contribution in [2.24, 2.45) is 0 Å². The fraction of sp³-hybridized carbons (Fsp3) is 0. The number of ether oxygens (including phenoxy) is 2. The van der Waals surface area contributed by atoms with Crippen molar-refractivity contribution in [3.8, 4) is 56.4 Å². The first kappa shape index (κ1) is 26.8. The van der Waals surface area contributed by atoms with E-state index in [1.807, 2.05) is 30.3 Å². The highest BCUT2D eigenvalue weighted by atomic mass is 16.6. The van der Waals surface area contributed by atoms with Gasteiger partial charge in [0.25, 0.3) is 0 Å². The van der Waals surface area contributed by atoms with E-state index >= 15 is 0 Å². The molecule has 0 N–H and O–H groups in total. The van der Waals surface area contributed by atoms with Crippen molar-refractivity contribution in [3.05, 3.63) is 170 Å². The van der Waals surface area contributed by atoms with Crippen LogP contribution in [0.15, 0.2) is 170 Å². The summed E-state index contributed by atoms with van der Waals surface area (Å²) in [6.45, 7) is 0. The Hall–Kier alpha value is -6.38. The second-order valence-corrected chi connectivity index (χ2v) is 12.4. The van der Waals surface area contributed by atoms with Crippen LogP contribution < -0.4 is 9.47 Å². The van der Waals surface area contributed by atoms with Crippen LogP contribution in [0.2, 0.25) is 0 Å². The Kier molecular flexibility index (Phi) is 5.91. The van der Waals surface area contributed by atoms with Gasteiger partial charge in [0.15, 0.2) is 23.0 Å². The first-order valence-electron chi connectivity index (χ1n) is 16.3. The van der Waals surface area contributed by atoms with E-state index in [-0.39, 0.29) is 0 Å². The van der Waals surface area contributed by atoms with Gasteiger partial charge >= 0.3 is 0 Å². The van der Waals surface area contributed by atoms with Crippen molar-refractivity contribution < 1.29 is 9.47 Å². The molecule has 224 valence electrons. The molecule has 9 aromatic rings. The van der Waals surface area contributed by atoms with E-state index in [1.165, 1.54) is 65.3 Å². The van der Waals surface area contributed by atoms with Gasteiger partial charge < -0.3 is 9.47 Å². The molecule has 0 spiro atoms. The number of para-hydroxylation sites is 2. The lowest BCUT2D eigenvalue weighted by Crippen LogP contribution is -1.98. The summed E-state index contributed by atoms with van der Waals surface area (Å²) < 4.78 is 12.4. The fourth-order valence-electron chi connectivity index (χ4n) is 7.54. The topological polar surface area (TPSA) is 18.5 Å². The van der Waals surface area contributed by atoms with Crippen molar-refractivity contribution in [2.45, 2.75) is 0 Å². The molecule has 2 heteroatoms. The highest BCUT2D eigenvalue weighted by molar-refractivity contribution is 6.19. The Labute approximate surface area is 278 Å². The second kappa shape index (κ2) is 10.6. The molecule has 2 nitrogen and oxygen atoms in total. The maximum atomic E-state index is 6.27. The van der Waals surface area contributed by atoms with Crippen LogP contribution in [0.3, 0.4) is 0 Å². The monoisotopic (exact) mass is 612 g/mol. The lowest BCUT2D eigenvalue weighted by Gasteiger charge is -2.21. The van der Waals surface area contributed by atoms with Crippen LogP contribution in [-0.2, 0) is 0 Å². The summed E-state index contributed by atoms with van der Waals surface area (Å²) in [5.74, 6) is 2.92. The van der Waals surface area contributed by atoms with Crippen molar-refractivity contribution in [3.63, 3.8) is 0 Å². The maximum absolute atomic E-state index is 6.27. The zero-order valence-electron chi connectivity index (χ0n) is 26.0. The third-order valence-corrected chi connectivity index (χ3v) is 9.72. The first-order valence-corrected chi connectivity index (χ1v) is 16.3. The lowest BCUT2D eigenvalue weighted by molar-refractivity contribution is 0.360. The molecule has 0 bridgehead atoms. The van der Waals surface area contributed by atoms with Crippen molar-refractivity contribution >= 4 is 43.1 Å². The summed E-state index contributed by atoms with van der Waals surface area (Å²) in [5.41, 5.74) is 7.21. The molecule has 48 heavy (non-hydrogen) atoms. The molecule has 1 aliphatic rings. The van der Waals surface area contributed by atoms with Crippen LogP contribution in [0.1, 0.15) is 0 Å². The third-order valence-electron chi connectivity index (χ3n) is 9.72. The molecular weight excluding hydrogens is 585 g/mol. The molecule has 0 atom stereocenters. The quantitative estimate of drug-likeness (QED) is 0.185. The van der Waals surface area contributed by atoms with Crippen LogP contribution in [0, 0.1) is 0 Å². The molecule has 0 unspecified atom stereocenters. The van der Waals surface area contributed by atoms with Crippen LogP contribution in [0.4, 0.5) is 0 Å². The van der Waals surface area contributed by atoms with Crippen molar-refractivity contribution in [1.29, 1.82) is 0 Å². The van der Waals surface area contributed by atoms with E-state index in [4.69, 9.17) is 9.47 Å². The highest BCUT2D eigenvalue weighted by Crippen LogP contribution is 2.48. The van der Waals surface area contributed by atoms with E-state index in [1.54, 1.807) is 0 Å².